The Morgan fingerprint density at radius 3 is 2.12 bits per heavy atom. The molecule has 0 bridgehead atoms. The first kappa shape index (κ1) is 12.1. The van der Waals surface area contributed by atoms with E-state index >= 15 is 0 Å². The second kappa shape index (κ2) is 3.84. The Morgan fingerprint density at radius 1 is 1.12 bits per heavy atom. The fraction of sp³-hybridized carbons (Fsp3) is 0.909. The molecule has 2 fully saturated rings. The zero-order chi connectivity index (χ0) is 12.0. The van der Waals surface area contributed by atoms with Crippen LogP contribution in [0.3, 0.4) is 0 Å². The normalized spacial score (nSPS) is 35.1. The topological polar surface area (TPSA) is 0 Å². The molecule has 93 valence electrons. The minimum atomic E-state index is -4.14. The number of alkyl halides is 5. The van der Waals surface area contributed by atoms with Crippen LogP contribution in [0.1, 0.15) is 32.1 Å². The summed E-state index contributed by atoms with van der Waals surface area (Å²) >= 11 is 0. The predicted octanol–water partition coefficient (Wildman–Crippen LogP) is 4.21. The van der Waals surface area contributed by atoms with Gasteiger partial charge >= 0.3 is 6.18 Å². The summed E-state index contributed by atoms with van der Waals surface area (Å²) in [6, 6.07) is 0. The predicted molar refractivity (Wildman–Crippen MR) is 48.9 cm³/mol. The van der Waals surface area contributed by atoms with Gasteiger partial charge in [0.05, 0.1) is 5.92 Å². The van der Waals surface area contributed by atoms with Gasteiger partial charge in [-0.2, -0.15) is 13.2 Å². The Morgan fingerprint density at radius 2 is 1.69 bits per heavy atom. The Labute approximate surface area is 91.2 Å². The maximum Gasteiger partial charge on any atom is 0.392 e. The molecule has 2 aliphatic carbocycles. The summed E-state index contributed by atoms with van der Waals surface area (Å²) in [7, 11) is 0. The molecule has 0 aliphatic heterocycles. The zero-order valence-electron chi connectivity index (χ0n) is 8.73. The molecule has 16 heavy (non-hydrogen) atoms. The number of halogens is 5. The summed E-state index contributed by atoms with van der Waals surface area (Å²) in [4.78, 5) is 0. The van der Waals surface area contributed by atoms with E-state index in [1.165, 1.54) is 6.42 Å². The van der Waals surface area contributed by atoms with Gasteiger partial charge in [-0.15, -0.1) is 0 Å². The molecule has 2 atom stereocenters. The first-order valence-corrected chi connectivity index (χ1v) is 5.57. The SMILES string of the molecule is FC1(F)CCC(CC2[CH]C2C(F)(F)F)CC1. The molecule has 0 N–H and O–H groups in total. The van der Waals surface area contributed by atoms with Crippen LogP contribution in [0.2, 0.25) is 0 Å². The fourth-order valence-corrected chi connectivity index (χ4v) is 2.50. The lowest BCUT2D eigenvalue weighted by Gasteiger charge is -2.28. The monoisotopic (exact) mass is 241 g/mol. The van der Waals surface area contributed by atoms with Crippen molar-refractivity contribution in [2.24, 2.45) is 17.8 Å². The average molecular weight is 241 g/mol. The Balaban J connectivity index is 1.73. The first-order chi connectivity index (χ1) is 7.28. The van der Waals surface area contributed by atoms with Gasteiger partial charge < -0.3 is 0 Å². The van der Waals surface area contributed by atoms with E-state index in [-0.39, 0.29) is 18.8 Å². The lowest BCUT2D eigenvalue weighted by atomic mass is 9.83. The molecule has 0 heterocycles. The number of hydrogen-bond donors (Lipinski definition) is 0. The highest BCUT2D eigenvalue weighted by atomic mass is 19.4. The molecule has 0 aromatic heterocycles. The first-order valence-electron chi connectivity index (χ1n) is 5.57. The van der Waals surface area contributed by atoms with E-state index in [0.717, 1.165) is 0 Å². The molecule has 2 aliphatic rings. The van der Waals surface area contributed by atoms with Crippen molar-refractivity contribution < 1.29 is 22.0 Å². The maximum atomic E-state index is 12.8. The van der Waals surface area contributed by atoms with Gasteiger partial charge in [0.25, 0.3) is 0 Å². The third-order valence-corrected chi connectivity index (χ3v) is 3.60. The molecule has 0 amide bonds. The smallest absolute Gasteiger partial charge is 0.207 e. The van der Waals surface area contributed by atoms with Gasteiger partial charge in [-0.25, -0.2) is 8.78 Å². The van der Waals surface area contributed by atoms with Crippen LogP contribution in [0, 0.1) is 24.2 Å². The van der Waals surface area contributed by atoms with Crippen molar-refractivity contribution in [3.8, 4) is 0 Å². The van der Waals surface area contributed by atoms with E-state index in [1.54, 1.807) is 0 Å². The van der Waals surface area contributed by atoms with E-state index in [9.17, 15) is 22.0 Å². The van der Waals surface area contributed by atoms with Crippen LogP contribution in [0.4, 0.5) is 22.0 Å². The summed E-state index contributed by atoms with van der Waals surface area (Å²) in [6.07, 6.45) is -2.03. The molecule has 2 saturated carbocycles. The summed E-state index contributed by atoms with van der Waals surface area (Å²) < 4.78 is 62.3. The summed E-state index contributed by atoms with van der Waals surface area (Å²) in [5.41, 5.74) is 0. The van der Waals surface area contributed by atoms with Gasteiger partial charge in [-0.3, -0.25) is 0 Å². The van der Waals surface area contributed by atoms with Gasteiger partial charge in [-0.1, -0.05) is 0 Å². The molecular formula is C11H14F5. The lowest BCUT2D eigenvalue weighted by molar-refractivity contribution is -0.149. The maximum absolute atomic E-state index is 12.8. The van der Waals surface area contributed by atoms with Crippen molar-refractivity contribution in [2.45, 2.75) is 44.2 Å². The molecule has 5 heteroatoms. The van der Waals surface area contributed by atoms with Crippen LogP contribution in [0.15, 0.2) is 0 Å². The quantitative estimate of drug-likeness (QED) is 0.635. The Hall–Kier alpha value is -0.350. The average Bonchev–Trinajstić information content (AvgIpc) is 2.87. The largest absolute Gasteiger partial charge is 0.392 e. The molecule has 2 unspecified atom stereocenters. The molecule has 0 aromatic rings. The zero-order valence-corrected chi connectivity index (χ0v) is 8.73. The van der Waals surface area contributed by atoms with E-state index in [1.807, 2.05) is 0 Å². The second-order valence-corrected chi connectivity index (χ2v) is 4.96. The summed E-state index contributed by atoms with van der Waals surface area (Å²) in [6.45, 7) is 0. The molecule has 2 rings (SSSR count). The lowest BCUT2D eigenvalue weighted by Crippen LogP contribution is -2.25. The molecular weight excluding hydrogens is 227 g/mol. The van der Waals surface area contributed by atoms with E-state index < -0.39 is 23.9 Å². The third-order valence-electron chi connectivity index (χ3n) is 3.60. The molecule has 0 saturated heterocycles. The van der Waals surface area contributed by atoms with Crippen molar-refractivity contribution in [1.82, 2.24) is 0 Å². The van der Waals surface area contributed by atoms with E-state index in [2.05, 4.69) is 0 Å². The molecule has 0 nitrogen and oxygen atoms in total. The van der Waals surface area contributed by atoms with Crippen LogP contribution in [0.5, 0.6) is 0 Å². The van der Waals surface area contributed by atoms with Gasteiger partial charge in [0.1, 0.15) is 0 Å². The number of rotatable bonds is 2. The molecule has 0 aromatic carbocycles. The van der Waals surface area contributed by atoms with Crippen molar-refractivity contribution in [1.29, 1.82) is 0 Å². The van der Waals surface area contributed by atoms with Crippen molar-refractivity contribution in [2.75, 3.05) is 0 Å². The highest BCUT2D eigenvalue weighted by Crippen LogP contribution is 2.53. The molecule has 0 spiro atoms. The van der Waals surface area contributed by atoms with Gasteiger partial charge in [0, 0.05) is 12.8 Å². The minimum Gasteiger partial charge on any atom is -0.207 e. The highest BCUT2D eigenvalue weighted by molar-refractivity contribution is 5.09. The van der Waals surface area contributed by atoms with Crippen molar-refractivity contribution >= 4 is 0 Å². The second-order valence-electron chi connectivity index (χ2n) is 4.96. The van der Waals surface area contributed by atoms with Crippen LogP contribution < -0.4 is 0 Å². The van der Waals surface area contributed by atoms with Gasteiger partial charge in [0.2, 0.25) is 5.92 Å². The van der Waals surface area contributed by atoms with Gasteiger partial charge in [-0.05, 0) is 37.5 Å². The summed E-state index contributed by atoms with van der Waals surface area (Å²) in [5.74, 6) is -4.24. The number of hydrogen-bond acceptors (Lipinski definition) is 0. The summed E-state index contributed by atoms with van der Waals surface area (Å²) in [5, 5.41) is 0. The van der Waals surface area contributed by atoms with Crippen molar-refractivity contribution in [3.05, 3.63) is 6.42 Å². The Bertz CT molecular complexity index is 248. The van der Waals surface area contributed by atoms with Crippen LogP contribution in [-0.2, 0) is 0 Å². The third kappa shape index (κ3) is 2.86. The Kier molecular flexibility index (Phi) is 2.91. The highest BCUT2D eigenvalue weighted by Gasteiger charge is 2.56. The minimum absolute atomic E-state index is 0.0493. The van der Waals surface area contributed by atoms with E-state index in [4.69, 9.17) is 0 Å². The van der Waals surface area contributed by atoms with Crippen LogP contribution >= 0.6 is 0 Å². The molecule has 1 radical (unpaired) electrons. The van der Waals surface area contributed by atoms with Crippen molar-refractivity contribution in [3.63, 3.8) is 0 Å². The van der Waals surface area contributed by atoms with Gasteiger partial charge in [0.15, 0.2) is 0 Å². The standard InChI is InChI=1S/C11H14F5/c12-10(13)3-1-7(2-4-10)5-8-6-9(8)11(14,15)16/h6-9H,1-5H2. The van der Waals surface area contributed by atoms with E-state index in [0.29, 0.717) is 19.3 Å². The van der Waals surface area contributed by atoms with Crippen LogP contribution in [-0.4, -0.2) is 12.1 Å². The fourth-order valence-electron chi connectivity index (χ4n) is 2.50. The van der Waals surface area contributed by atoms with Crippen LogP contribution in [0.25, 0.3) is 0 Å².